The largest absolute Gasteiger partial charge is 0.378 e. The van der Waals surface area contributed by atoms with Crippen LogP contribution in [0.5, 0.6) is 0 Å². The first-order valence-electron chi connectivity index (χ1n) is 12.5. The maximum atomic E-state index is 13.5. The van der Waals surface area contributed by atoms with E-state index in [0.29, 0.717) is 25.5 Å². The molecule has 2 saturated carbocycles. The van der Waals surface area contributed by atoms with Crippen LogP contribution in [-0.4, -0.2) is 79.5 Å². The summed E-state index contributed by atoms with van der Waals surface area (Å²) in [4.78, 5) is 33.6. The van der Waals surface area contributed by atoms with Gasteiger partial charge < -0.3 is 20.2 Å². The molecule has 1 amide bonds. The van der Waals surface area contributed by atoms with Gasteiger partial charge >= 0.3 is 5.97 Å². The fourth-order valence-corrected chi connectivity index (χ4v) is 5.90. The summed E-state index contributed by atoms with van der Waals surface area (Å²) in [6.45, 7) is 5.36. The minimum absolute atomic E-state index is 0. The van der Waals surface area contributed by atoms with E-state index in [1.165, 1.54) is 19.3 Å². The van der Waals surface area contributed by atoms with Crippen LogP contribution in [0.4, 0.5) is 0 Å². The topological polar surface area (TPSA) is 83.1 Å². The molecular weight excluding hydrogens is 467 g/mol. The SMILES string of the molecule is Cl.Cl.O=CNC(OC1CCCCC1)(C(=O)ON1CCN(C2CCNCC2)CC1)C1CCCC1. The normalized spacial score (nSPS) is 25.9. The minimum atomic E-state index is -1.35. The molecule has 0 spiro atoms. The Bertz CT molecular complexity index is 591. The van der Waals surface area contributed by atoms with Crippen molar-refractivity contribution in [2.24, 2.45) is 5.92 Å². The van der Waals surface area contributed by atoms with Crippen LogP contribution in [-0.2, 0) is 19.2 Å². The van der Waals surface area contributed by atoms with Crippen LogP contribution >= 0.6 is 24.8 Å². The van der Waals surface area contributed by atoms with Crippen LogP contribution in [0.3, 0.4) is 0 Å². The third kappa shape index (κ3) is 7.18. The first-order valence-corrected chi connectivity index (χ1v) is 12.5. The number of rotatable bonds is 8. The quantitative estimate of drug-likeness (QED) is 0.385. The molecule has 192 valence electrons. The second-order valence-corrected chi connectivity index (χ2v) is 9.68. The lowest BCUT2D eigenvalue weighted by atomic mass is 9.91. The average Bonchev–Trinajstić information content (AvgIpc) is 3.36. The van der Waals surface area contributed by atoms with Crippen LogP contribution in [0, 0.1) is 5.92 Å². The summed E-state index contributed by atoms with van der Waals surface area (Å²) >= 11 is 0. The summed E-state index contributed by atoms with van der Waals surface area (Å²) in [7, 11) is 0. The van der Waals surface area contributed by atoms with Crippen molar-refractivity contribution in [3.8, 4) is 0 Å². The zero-order chi connectivity index (χ0) is 21.5. The fraction of sp³-hybridized carbons (Fsp3) is 0.913. The summed E-state index contributed by atoms with van der Waals surface area (Å²) in [6.07, 6.45) is 12.2. The molecule has 10 heteroatoms. The molecule has 0 radical (unpaired) electrons. The third-order valence-electron chi connectivity index (χ3n) is 7.72. The highest BCUT2D eigenvalue weighted by molar-refractivity contribution is 5.85. The molecule has 0 aromatic carbocycles. The van der Waals surface area contributed by atoms with E-state index in [4.69, 9.17) is 9.57 Å². The number of carbonyl (C=O) groups excluding carboxylic acids is 2. The number of hydroxylamine groups is 2. The molecule has 2 N–H and O–H groups in total. The number of piperazine rings is 1. The van der Waals surface area contributed by atoms with Crippen LogP contribution in [0.2, 0.25) is 0 Å². The van der Waals surface area contributed by atoms with Crippen LogP contribution in [0.1, 0.15) is 70.6 Å². The number of carbonyl (C=O) groups is 2. The van der Waals surface area contributed by atoms with E-state index in [1.807, 2.05) is 0 Å². The maximum Gasteiger partial charge on any atom is 0.378 e. The van der Waals surface area contributed by atoms with Crippen molar-refractivity contribution in [3.05, 3.63) is 0 Å². The van der Waals surface area contributed by atoms with Crippen LogP contribution < -0.4 is 10.6 Å². The molecule has 2 aliphatic heterocycles. The van der Waals surface area contributed by atoms with E-state index >= 15 is 0 Å². The Hall–Kier alpha value is -0.640. The van der Waals surface area contributed by atoms with Crippen LogP contribution in [0.15, 0.2) is 0 Å². The highest BCUT2D eigenvalue weighted by atomic mass is 35.5. The molecule has 1 unspecified atom stereocenters. The Labute approximate surface area is 210 Å². The molecule has 2 heterocycles. The average molecular weight is 510 g/mol. The Balaban J connectivity index is 0.00000193. The van der Waals surface area contributed by atoms with Gasteiger partial charge in [0.2, 0.25) is 12.1 Å². The molecule has 8 nitrogen and oxygen atoms in total. The van der Waals surface area contributed by atoms with E-state index in [9.17, 15) is 9.59 Å². The lowest BCUT2D eigenvalue weighted by Gasteiger charge is -2.43. The first kappa shape index (κ1) is 28.6. The van der Waals surface area contributed by atoms with Gasteiger partial charge in [0.15, 0.2) is 0 Å². The highest BCUT2D eigenvalue weighted by Crippen LogP contribution is 2.38. The molecule has 4 fully saturated rings. The van der Waals surface area contributed by atoms with E-state index in [0.717, 1.165) is 77.5 Å². The lowest BCUT2D eigenvalue weighted by molar-refractivity contribution is -0.240. The van der Waals surface area contributed by atoms with Crippen molar-refractivity contribution >= 4 is 37.2 Å². The number of piperidine rings is 1. The summed E-state index contributed by atoms with van der Waals surface area (Å²) in [6, 6.07) is 0.628. The standard InChI is InChI=1S/C23H40N4O4.2ClH/c28-18-25-23(19-6-4-5-7-19,30-21-8-2-1-3-9-21)22(29)31-27-16-14-26(15-17-27)20-10-12-24-13-11-20;;/h18-21,24H,1-17H2,(H,25,28);2*1H. The van der Waals surface area contributed by atoms with Crippen molar-refractivity contribution in [3.63, 3.8) is 0 Å². The molecule has 2 aliphatic carbocycles. The Morgan fingerprint density at radius 3 is 2.09 bits per heavy atom. The zero-order valence-corrected chi connectivity index (χ0v) is 21.3. The number of halogens is 2. The van der Waals surface area contributed by atoms with Crippen molar-refractivity contribution in [1.29, 1.82) is 0 Å². The van der Waals surface area contributed by atoms with E-state index in [1.54, 1.807) is 5.06 Å². The Morgan fingerprint density at radius 2 is 1.48 bits per heavy atom. The van der Waals surface area contributed by atoms with Gasteiger partial charge in [0.1, 0.15) is 0 Å². The second kappa shape index (κ2) is 14.0. The van der Waals surface area contributed by atoms with E-state index < -0.39 is 11.7 Å². The minimum Gasteiger partial charge on any atom is -0.364 e. The summed E-state index contributed by atoms with van der Waals surface area (Å²) in [5, 5.41) is 8.01. The van der Waals surface area contributed by atoms with Crippen molar-refractivity contribution in [2.75, 3.05) is 39.3 Å². The van der Waals surface area contributed by atoms with Gasteiger partial charge in [-0.2, -0.15) is 0 Å². The number of ether oxygens (including phenoxy) is 1. The smallest absolute Gasteiger partial charge is 0.364 e. The number of amides is 1. The number of nitrogens with one attached hydrogen (secondary N) is 2. The third-order valence-corrected chi connectivity index (χ3v) is 7.72. The second-order valence-electron chi connectivity index (χ2n) is 9.68. The summed E-state index contributed by atoms with van der Waals surface area (Å²) < 4.78 is 6.46. The monoisotopic (exact) mass is 508 g/mol. The number of nitrogens with zero attached hydrogens (tertiary/aromatic N) is 2. The number of hydrogen-bond acceptors (Lipinski definition) is 7. The molecule has 4 aliphatic rings. The zero-order valence-electron chi connectivity index (χ0n) is 19.7. The van der Waals surface area contributed by atoms with Gasteiger partial charge in [-0.3, -0.25) is 9.69 Å². The highest BCUT2D eigenvalue weighted by Gasteiger charge is 2.52. The van der Waals surface area contributed by atoms with Gasteiger partial charge in [0.05, 0.1) is 6.10 Å². The van der Waals surface area contributed by atoms with E-state index in [-0.39, 0.29) is 36.8 Å². The van der Waals surface area contributed by atoms with Gasteiger partial charge in [-0.1, -0.05) is 32.1 Å². The van der Waals surface area contributed by atoms with Gasteiger partial charge in [-0.25, -0.2) is 4.79 Å². The molecule has 1 atom stereocenters. The molecule has 0 aromatic heterocycles. The van der Waals surface area contributed by atoms with Crippen molar-refractivity contribution < 1.29 is 19.2 Å². The molecule has 33 heavy (non-hydrogen) atoms. The summed E-state index contributed by atoms with van der Waals surface area (Å²) in [5.41, 5.74) is -1.35. The summed E-state index contributed by atoms with van der Waals surface area (Å²) in [5.74, 6) is -0.462. The van der Waals surface area contributed by atoms with Crippen molar-refractivity contribution in [2.45, 2.75) is 88.5 Å². The lowest BCUT2D eigenvalue weighted by Crippen LogP contribution is -2.62. The van der Waals surface area contributed by atoms with Gasteiger partial charge in [-0.15, -0.1) is 29.9 Å². The Kier molecular flexibility index (Phi) is 12.2. The predicted molar refractivity (Wildman–Crippen MR) is 131 cm³/mol. The molecule has 4 rings (SSSR count). The van der Waals surface area contributed by atoms with Gasteiger partial charge in [0.25, 0.3) is 0 Å². The van der Waals surface area contributed by atoms with E-state index in [2.05, 4.69) is 15.5 Å². The number of hydrogen-bond donors (Lipinski definition) is 2. The molecule has 2 saturated heterocycles. The molecular formula is C23H42Cl2N4O4. The van der Waals surface area contributed by atoms with Crippen LogP contribution in [0.25, 0.3) is 0 Å². The Morgan fingerprint density at radius 1 is 0.879 bits per heavy atom. The molecule has 0 bridgehead atoms. The predicted octanol–water partition coefficient (Wildman–Crippen LogP) is 2.64. The maximum absolute atomic E-state index is 13.5. The first-order chi connectivity index (χ1) is 15.2. The fourth-order valence-electron chi connectivity index (χ4n) is 5.90. The molecule has 0 aromatic rings. The van der Waals surface area contributed by atoms with Crippen molar-refractivity contribution in [1.82, 2.24) is 20.6 Å². The van der Waals surface area contributed by atoms with Gasteiger partial charge in [0, 0.05) is 38.1 Å². The van der Waals surface area contributed by atoms with Gasteiger partial charge in [-0.05, 0) is 51.6 Å².